The van der Waals surface area contributed by atoms with Crippen molar-refractivity contribution in [3.8, 4) is 0 Å². The molecular formula is C26H30ClF3N6O3. The van der Waals surface area contributed by atoms with Crippen molar-refractivity contribution in [1.29, 1.82) is 0 Å². The van der Waals surface area contributed by atoms with Gasteiger partial charge >= 0.3 is 6.18 Å². The first kappa shape index (κ1) is 28.6. The molecule has 2 N–H and O–H groups in total. The lowest BCUT2D eigenvalue weighted by atomic mass is 9.92. The van der Waals surface area contributed by atoms with Crippen LogP contribution >= 0.6 is 11.6 Å². The highest BCUT2D eigenvalue weighted by atomic mass is 35.5. The van der Waals surface area contributed by atoms with Crippen molar-refractivity contribution in [3.63, 3.8) is 0 Å². The first-order chi connectivity index (χ1) is 18.4. The Labute approximate surface area is 227 Å². The summed E-state index contributed by atoms with van der Waals surface area (Å²) in [5.74, 6) is -2.20. The summed E-state index contributed by atoms with van der Waals surface area (Å²) in [4.78, 5) is 41.0. The molecule has 0 radical (unpaired) electrons. The molecule has 0 bridgehead atoms. The van der Waals surface area contributed by atoms with Gasteiger partial charge in [0.1, 0.15) is 6.54 Å². The molecule has 0 saturated carbocycles. The number of benzene rings is 1. The van der Waals surface area contributed by atoms with Crippen molar-refractivity contribution in [2.75, 3.05) is 20.1 Å². The Balaban J connectivity index is 1.53. The first-order valence-electron chi connectivity index (χ1n) is 12.7. The van der Waals surface area contributed by atoms with Crippen molar-refractivity contribution in [2.24, 2.45) is 5.92 Å². The van der Waals surface area contributed by atoms with Crippen LogP contribution in [0, 0.1) is 12.8 Å². The van der Waals surface area contributed by atoms with Gasteiger partial charge in [0.05, 0.1) is 28.3 Å². The van der Waals surface area contributed by atoms with Gasteiger partial charge in [-0.2, -0.15) is 23.4 Å². The van der Waals surface area contributed by atoms with Gasteiger partial charge in [0.2, 0.25) is 11.8 Å². The number of halogens is 4. The van der Waals surface area contributed by atoms with Crippen molar-refractivity contribution in [2.45, 2.75) is 58.2 Å². The smallest absolute Gasteiger partial charge is 0.346 e. The van der Waals surface area contributed by atoms with Gasteiger partial charge < -0.3 is 9.80 Å². The monoisotopic (exact) mass is 566 g/mol. The van der Waals surface area contributed by atoms with Gasteiger partial charge in [-0.05, 0) is 55.4 Å². The van der Waals surface area contributed by atoms with E-state index in [4.69, 9.17) is 11.6 Å². The van der Waals surface area contributed by atoms with Crippen LogP contribution in [0.4, 0.5) is 13.2 Å². The third-order valence-electron chi connectivity index (χ3n) is 7.29. The maximum atomic E-state index is 13.4. The van der Waals surface area contributed by atoms with E-state index in [0.717, 1.165) is 4.90 Å². The number of nitrogens with one attached hydrogen (secondary N) is 2. The number of rotatable bonds is 8. The van der Waals surface area contributed by atoms with Gasteiger partial charge in [0, 0.05) is 37.5 Å². The minimum Gasteiger partial charge on any atom is -0.346 e. The number of carbonyl (C=O) groups is 2. The lowest BCUT2D eigenvalue weighted by Crippen LogP contribution is -2.42. The predicted octanol–water partition coefficient (Wildman–Crippen LogP) is 4.10. The van der Waals surface area contributed by atoms with E-state index in [2.05, 4.69) is 20.4 Å². The summed E-state index contributed by atoms with van der Waals surface area (Å²) >= 11 is 6.37. The fourth-order valence-electron chi connectivity index (χ4n) is 5.19. The van der Waals surface area contributed by atoms with Crippen LogP contribution in [0.25, 0.3) is 10.9 Å². The van der Waals surface area contributed by atoms with E-state index in [-0.39, 0.29) is 36.8 Å². The molecule has 3 heterocycles. The molecule has 1 aliphatic heterocycles. The summed E-state index contributed by atoms with van der Waals surface area (Å²) in [5.41, 5.74) is 2.62. The number of hydrogen-bond donors (Lipinski definition) is 2. The van der Waals surface area contributed by atoms with Crippen LogP contribution in [0.1, 0.15) is 54.5 Å². The number of alkyl halides is 3. The molecule has 2 atom stereocenters. The van der Waals surface area contributed by atoms with Crippen LogP contribution in [0.2, 0.25) is 5.02 Å². The number of amides is 2. The molecule has 1 unspecified atom stereocenters. The third-order valence-corrected chi connectivity index (χ3v) is 7.59. The lowest BCUT2D eigenvalue weighted by molar-refractivity contribution is -0.165. The Kier molecular flexibility index (Phi) is 8.34. The van der Waals surface area contributed by atoms with Crippen molar-refractivity contribution >= 4 is 34.3 Å². The van der Waals surface area contributed by atoms with Gasteiger partial charge in [-0.3, -0.25) is 19.5 Å². The molecule has 0 aliphatic carbocycles. The summed E-state index contributed by atoms with van der Waals surface area (Å²) in [6, 6.07) is 3.36. The minimum absolute atomic E-state index is 0.0756. The van der Waals surface area contributed by atoms with Crippen molar-refractivity contribution in [3.05, 3.63) is 56.1 Å². The zero-order valence-electron chi connectivity index (χ0n) is 21.9. The summed E-state index contributed by atoms with van der Waals surface area (Å²) in [7, 11) is 1.59. The van der Waals surface area contributed by atoms with Gasteiger partial charge in [-0.1, -0.05) is 18.5 Å². The molecule has 1 aromatic carbocycles. The molecule has 9 nitrogen and oxygen atoms in total. The highest BCUT2D eigenvalue weighted by Gasteiger charge is 2.39. The molecular weight excluding hydrogens is 537 g/mol. The van der Waals surface area contributed by atoms with Crippen LogP contribution < -0.4 is 5.56 Å². The second-order valence-electron chi connectivity index (χ2n) is 10.1. The third kappa shape index (κ3) is 6.43. The van der Waals surface area contributed by atoms with E-state index in [9.17, 15) is 27.6 Å². The summed E-state index contributed by atoms with van der Waals surface area (Å²) in [5, 5.41) is 14.0. The van der Waals surface area contributed by atoms with E-state index >= 15 is 0 Å². The molecule has 4 rings (SSSR count). The predicted molar refractivity (Wildman–Crippen MR) is 139 cm³/mol. The second kappa shape index (κ2) is 11.4. The highest BCUT2D eigenvalue weighted by Crippen LogP contribution is 2.35. The molecule has 210 valence electrons. The summed E-state index contributed by atoms with van der Waals surface area (Å²) < 4.78 is 40.3. The standard InChI is InChI=1S/C26H30ClF3N6O3/c1-4-15(18-7-14(2)32-34-24(18)38)5-6-35(3)22(37)10-17-8-16-9-21(27)23-19(11-31-33-23)20(16)12-36(25(17)39)13-26(28,29)30/h7,9,11,15,17H,4-6,8,10,12-13H2,1-3H3,(H,31,33)(H,34,38)/t15?,17-/m0/s1. The summed E-state index contributed by atoms with van der Waals surface area (Å²) in [6.45, 7) is 2.34. The second-order valence-corrected chi connectivity index (χ2v) is 10.5. The molecule has 2 aromatic heterocycles. The Hall–Kier alpha value is -3.41. The average Bonchev–Trinajstić information content (AvgIpc) is 3.32. The lowest BCUT2D eigenvalue weighted by Gasteiger charge is -2.27. The number of hydrogen-bond acceptors (Lipinski definition) is 5. The maximum Gasteiger partial charge on any atom is 0.406 e. The number of aromatic amines is 2. The zero-order valence-corrected chi connectivity index (χ0v) is 22.6. The molecule has 3 aromatic rings. The number of nitrogens with zero attached hydrogens (tertiary/aromatic N) is 4. The molecule has 0 saturated heterocycles. The first-order valence-corrected chi connectivity index (χ1v) is 13.0. The number of carbonyl (C=O) groups excluding carboxylic acids is 2. The molecule has 2 amide bonds. The van der Waals surface area contributed by atoms with E-state index in [1.54, 1.807) is 26.1 Å². The SMILES string of the molecule is CCC(CCN(C)C(=O)C[C@@H]1Cc2cc(Cl)c3[nH]ncc3c2CN(CC(F)(F)F)C1=O)c1cc(C)n[nH]c1=O. The van der Waals surface area contributed by atoms with Gasteiger partial charge in [-0.15, -0.1) is 0 Å². The van der Waals surface area contributed by atoms with Gasteiger partial charge in [-0.25, -0.2) is 5.10 Å². The highest BCUT2D eigenvalue weighted by molar-refractivity contribution is 6.35. The van der Waals surface area contributed by atoms with Crippen molar-refractivity contribution < 1.29 is 22.8 Å². The van der Waals surface area contributed by atoms with E-state index in [1.165, 1.54) is 11.1 Å². The van der Waals surface area contributed by atoms with Crippen LogP contribution in [0.15, 0.2) is 23.1 Å². The minimum atomic E-state index is -4.61. The molecule has 1 aliphatic rings. The van der Waals surface area contributed by atoms with E-state index in [0.29, 0.717) is 57.7 Å². The van der Waals surface area contributed by atoms with Gasteiger partial charge in [0.25, 0.3) is 5.56 Å². The van der Waals surface area contributed by atoms with E-state index < -0.39 is 24.5 Å². The fraction of sp³-hybridized carbons (Fsp3) is 0.500. The normalized spacial score (nSPS) is 16.7. The number of H-pyrrole nitrogens is 2. The Morgan fingerprint density at radius 3 is 2.72 bits per heavy atom. The molecule has 0 fully saturated rings. The number of fused-ring (bicyclic) bond motifs is 3. The van der Waals surface area contributed by atoms with Crippen LogP contribution in [-0.2, 0) is 22.6 Å². The molecule has 13 heteroatoms. The quantitative estimate of drug-likeness (QED) is 0.426. The van der Waals surface area contributed by atoms with Crippen LogP contribution in [-0.4, -0.2) is 68.3 Å². The Morgan fingerprint density at radius 2 is 2.03 bits per heavy atom. The summed E-state index contributed by atoms with van der Waals surface area (Å²) in [6.07, 6.45) is -2.13. The molecule has 39 heavy (non-hydrogen) atoms. The number of aryl methyl sites for hydroxylation is 1. The number of aromatic nitrogens is 4. The fourth-order valence-corrected chi connectivity index (χ4v) is 5.47. The topological polar surface area (TPSA) is 115 Å². The van der Waals surface area contributed by atoms with Crippen molar-refractivity contribution in [1.82, 2.24) is 30.2 Å². The van der Waals surface area contributed by atoms with Crippen LogP contribution in [0.3, 0.4) is 0 Å². The van der Waals surface area contributed by atoms with Gasteiger partial charge in [0.15, 0.2) is 0 Å². The zero-order chi connectivity index (χ0) is 28.5. The van der Waals surface area contributed by atoms with Crippen LogP contribution in [0.5, 0.6) is 0 Å². The molecule has 0 spiro atoms. The Morgan fingerprint density at radius 1 is 1.28 bits per heavy atom. The Bertz CT molecular complexity index is 1440. The average molecular weight is 567 g/mol. The maximum absolute atomic E-state index is 13.4. The van der Waals surface area contributed by atoms with E-state index in [1.807, 2.05) is 6.92 Å². The largest absolute Gasteiger partial charge is 0.406 e.